The van der Waals surface area contributed by atoms with Crippen LogP contribution < -0.4 is 0 Å². The number of hydrogen-bond donors (Lipinski definition) is 0. The van der Waals surface area contributed by atoms with Crippen LogP contribution in [0.25, 0.3) is 65.9 Å². The number of aromatic nitrogens is 1. The van der Waals surface area contributed by atoms with E-state index in [1.807, 2.05) is 42.5 Å². The van der Waals surface area contributed by atoms with E-state index >= 15 is 0 Å². The molecule has 0 fully saturated rings. The molecule has 0 aliphatic carbocycles. The summed E-state index contributed by atoms with van der Waals surface area (Å²) in [6.45, 7) is 2.78. The molecule has 0 N–H and O–H groups in total. The Bertz CT molecular complexity index is 2160. The summed E-state index contributed by atoms with van der Waals surface area (Å²) < 4.78 is 54.8. The lowest BCUT2D eigenvalue weighted by Gasteiger charge is -2.20. The number of benzene rings is 4. The maximum atomic E-state index is 8.90. The van der Waals surface area contributed by atoms with E-state index in [1.54, 1.807) is 26.8 Å². The third kappa shape index (κ3) is 3.16. The van der Waals surface area contributed by atoms with Gasteiger partial charge in [-0.25, -0.2) is 0 Å². The minimum absolute atomic E-state index is 0.0844. The zero-order valence-corrected chi connectivity index (χ0v) is 20.3. The second-order valence-electron chi connectivity index (χ2n) is 10.4. The Balaban J connectivity index is 1.49. The normalized spacial score (nSPS) is 15.4. The van der Waals surface area contributed by atoms with Gasteiger partial charge in [-0.15, -0.1) is 0 Å². The fourth-order valence-corrected chi connectivity index (χ4v) is 5.16. The standard InChI is InChI=1S/C33H27NO2/c1-19-18-34-28(16-20(19)17-33(2,3)4)27-10-7-9-22-24-14-15-25-26(31(24)36-32(22)27)13-12-23-21-8-5-6-11-29(21)35-30(23)25/h5-16,18H,17H2,1-4H3/i1D3,17D2. The molecule has 0 aliphatic rings. The van der Waals surface area contributed by atoms with Gasteiger partial charge < -0.3 is 8.83 Å². The second kappa shape index (κ2) is 7.44. The molecule has 3 nitrogen and oxygen atoms in total. The lowest BCUT2D eigenvalue weighted by Crippen LogP contribution is -2.10. The number of rotatable bonds is 2. The van der Waals surface area contributed by atoms with Crippen molar-refractivity contribution in [3.8, 4) is 11.3 Å². The zero-order chi connectivity index (χ0) is 28.9. The fraction of sp³-hybridized carbons (Fsp3) is 0.182. The number of hydrogen-bond acceptors (Lipinski definition) is 3. The Morgan fingerprint density at radius 2 is 1.39 bits per heavy atom. The van der Waals surface area contributed by atoms with Crippen LogP contribution in [0, 0.1) is 12.3 Å². The van der Waals surface area contributed by atoms with Crippen LogP contribution in [-0.2, 0) is 6.37 Å². The number of pyridine rings is 1. The highest BCUT2D eigenvalue weighted by atomic mass is 16.3. The van der Waals surface area contributed by atoms with Crippen molar-refractivity contribution < 1.29 is 15.7 Å². The van der Waals surface area contributed by atoms with Gasteiger partial charge in [-0.2, -0.15) is 0 Å². The molecule has 0 spiro atoms. The number of fused-ring (bicyclic) bond motifs is 9. The monoisotopic (exact) mass is 474 g/mol. The Kier molecular flexibility index (Phi) is 3.42. The van der Waals surface area contributed by atoms with E-state index in [-0.39, 0.29) is 11.1 Å². The Morgan fingerprint density at radius 3 is 2.11 bits per heavy atom. The summed E-state index contributed by atoms with van der Waals surface area (Å²) in [4.78, 5) is 4.52. The summed E-state index contributed by atoms with van der Waals surface area (Å²) in [5.41, 5.74) is 3.27. The highest BCUT2D eigenvalue weighted by Crippen LogP contribution is 2.41. The molecule has 3 heteroatoms. The molecule has 36 heavy (non-hydrogen) atoms. The SMILES string of the molecule is [2H]C([2H])([2H])c1cnc(-c2cccc3c2oc2c3ccc3c2ccc2c4ccccc4oc23)cc1C([2H])([2H])C(C)(C)C. The Morgan fingerprint density at radius 1 is 0.750 bits per heavy atom. The number of furan rings is 2. The fourth-order valence-electron chi connectivity index (χ4n) is 5.16. The number of nitrogens with zero attached hydrogens (tertiary/aromatic N) is 1. The maximum absolute atomic E-state index is 8.90. The van der Waals surface area contributed by atoms with E-state index in [0.717, 1.165) is 49.1 Å². The lowest BCUT2D eigenvalue weighted by molar-refractivity contribution is 0.410. The van der Waals surface area contributed by atoms with Gasteiger partial charge in [0.15, 0.2) is 0 Å². The van der Waals surface area contributed by atoms with Crippen molar-refractivity contribution in [1.82, 2.24) is 4.98 Å². The van der Waals surface area contributed by atoms with Gasteiger partial charge in [0, 0.05) is 50.9 Å². The Labute approximate surface area is 216 Å². The first-order chi connectivity index (χ1) is 19.4. The zero-order valence-electron chi connectivity index (χ0n) is 25.3. The summed E-state index contributed by atoms with van der Waals surface area (Å²) >= 11 is 0. The summed E-state index contributed by atoms with van der Waals surface area (Å²) in [5, 5.41) is 5.82. The molecule has 0 saturated heterocycles. The van der Waals surface area contributed by atoms with E-state index in [0.29, 0.717) is 16.8 Å². The molecule has 176 valence electrons. The van der Waals surface area contributed by atoms with E-state index < -0.39 is 18.6 Å². The molecular formula is C33H27NO2. The van der Waals surface area contributed by atoms with Gasteiger partial charge in [-0.1, -0.05) is 51.1 Å². The largest absolute Gasteiger partial charge is 0.455 e. The highest BCUT2D eigenvalue weighted by Gasteiger charge is 2.19. The van der Waals surface area contributed by atoms with Crippen LogP contribution >= 0.6 is 0 Å². The smallest absolute Gasteiger partial charge is 0.144 e. The quantitative estimate of drug-likeness (QED) is 0.250. The van der Waals surface area contributed by atoms with Gasteiger partial charge in [0.05, 0.1) is 5.69 Å². The maximum Gasteiger partial charge on any atom is 0.144 e. The molecular weight excluding hydrogens is 442 g/mol. The van der Waals surface area contributed by atoms with Crippen LogP contribution in [0.15, 0.2) is 87.8 Å². The molecule has 0 radical (unpaired) electrons. The molecule has 0 unspecified atom stereocenters. The average molecular weight is 475 g/mol. The topological polar surface area (TPSA) is 39.2 Å². The number of aryl methyl sites for hydroxylation is 1. The van der Waals surface area contributed by atoms with Gasteiger partial charge in [0.1, 0.15) is 22.3 Å². The first-order valence-electron chi connectivity index (χ1n) is 14.6. The van der Waals surface area contributed by atoms with E-state index in [2.05, 4.69) is 29.2 Å². The van der Waals surface area contributed by atoms with Gasteiger partial charge in [-0.3, -0.25) is 4.98 Å². The van der Waals surface area contributed by atoms with Crippen LogP contribution in [0.1, 0.15) is 38.8 Å². The molecule has 0 saturated carbocycles. The van der Waals surface area contributed by atoms with Gasteiger partial charge in [0.2, 0.25) is 0 Å². The van der Waals surface area contributed by atoms with Crippen LogP contribution in [-0.4, -0.2) is 4.98 Å². The van der Waals surface area contributed by atoms with Crippen molar-refractivity contribution in [3.05, 3.63) is 90.1 Å². The number of para-hydroxylation sites is 2. The third-order valence-electron chi connectivity index (χ3n) is 6.69. The molecule has 0 atom stereocenters. The van der Waals surface area contributed by atoms with Crippen molar-refractivity contribution in [1.29, 1.82) is 0 Å². The second-order valence-corrected chi connectivity index (χ2v) is 10.4. The average Bonchev–Trinajstić information content (AvgIpc) is 3.50. The van der Waals surface area contributed by atoms with Gasteiger partial charge in [-0.05, 0) is 72.2 Å². The van der Waals surface area contributed by atoms with Crippen LogP contribution in [0.3, 0.4) is 0 Å². The van der Waals surface area contributed by atoms with Crippen LogP contribution in [0.4, 0.5) is 0 Å². The van der Waals surface area contributed by atoms with Gasteiger partial charge in [0.25, 0.3) is 0 Å². The molecule has 0 bridgehead atoms. The van der Waals surface area contributed by atoms with E-state index in [9.17, 15) is 0 Å². The Hall–Kier alpha value is -4.11. The summed E-state index contributed by atoms with van der Waals surface area (Å²) in [5.74, 6) is 0. The molecule has 0 amide bonds. The summed E-state index contributed by atoms with van der Waals surface area (Å²) in [6.07, 6.45) is -0.638. The minimum atomic E-state index is -2.51. The van der Waals surface area contributed by atoms with Crippen molar-refractivity contribution >= 4 is 54.6 Å². The van der Waals surface area contributed by atoms with Crippen molar-refractivity contribution in [2.45, 2.75) is 34.0 Å². The highest BCUT2D eigenvalue weighted by molar-refractivity contribution is 6.23. The van der Waals surface area contributed by atoms with Crippen LogP contribution in [0.5, 0.6) is 0 Å². The van der Waals surface area contributed by atoms with Crippen molar-refractivity contribution in [3.63, 3.8) is 0 Å². The van der Waals surface area contributed by atoms with Crippen LogP contribution in [0.2, 0.25) is 0 Å². The first-order valence-corrected chi connectivity index (χ1v) is 12.1. The van der Waals surface area contributed by atoms with E-state index in [4.69, 9.17) is 15.7 Å². The summed E-state index contributed by atoms with van der Waals surface area (Å²) in [7, 11) is 0. The van der Waals surface area contributed by atoms with Gasteiger partial charge >= 0.3 is 0 Å². The minimum Gasteiger partial charge on any atom is -0.455 e. The van der Waals surface area contributed by atoms with Crippen molar-refractivity contribution in [2.24, 2.45) is 5.41 Å². The third-order valence-corrected chi connectivity index (χ3v) is 6.69. The predicted octanol–water partition coefficient (Wildman–Crippen LogP) is 9.60. The molecule has 3 heterocycles. The summed E-state index contributed by atoms with van der Waals surface area (Å²) in [6, 6.07) is 23.6. The lowest BCUT2D eigenvalue weighted by atomic mass is 9.86. The molecule has 7 aromatic rings. The molecule has 0 aliphatic heterocycles. The first kappa shape index (κ1) is 16.5. The predicted molar refractivity (Wildman–Crippen MR) is 150 cm³/mol. The molecule has 4 aromatic carbocycles. The van der Waals surface area contributed by atoms with E-state index in [1.165, 1.54) is 6.20 Å². The van der Waals surface area contributed by atoms with Crippen molar-refractivity contribution in [2.75, 3.05) is 0 Å². The molecule has 7 rings (SSSR count). The molecule has 3 aromatic heterocycles.